The van der Waals surface area contributed by atoms with Crippen LogP contribution < -0.4 is 5.32 Å². The minimum absolute atomic E-state index is 0.00205. The van der Waals surface area contributed by atoms with Gasteiger partial charge in [-0.1, -0.05) is 23.9 Å². The summed E-state index contributed by atoms with van der Waals surface area (Å²) in [6.07, 6.45) is 4.73. The summed E-state index contributed by atoms with van der Waals surface area (Å²) in [4.78, 5) is 24.4. The van der Waals surface area contributed by atoms with E-state index in [-0.39, 0.29) is 5.91 Å². The second-order valence-electron chi connectivity index (χ2n) is 7.12. The van der Waals surface area contributed by atoms with Gasteiger partial charge in [-0.25, -0.2) is 9.97 Å². The third-order valence-electron chi connectivity index (χ3n) is 4.90. The van der Waals surface area contributed by atoms with Crippen LogP contribution in [0.4, 0.5) is 5.69 Å². The van der Waals surface area contributed by atoms with E-state index in [1.165, 1.54) is 40.4 Å². The summed E-state index contributed by atoms with van der Waals surface area (Å²) in [7, 11) is 0. The molecule has 1 N–H and O–H groups in total. The van der Waals surface area contributed by atoms with Crippen LogP contribution in [0.1, 0.15) is 40.2 Å². The Bertz CT molecular complexity index is 1030. The van der Waals surface area contributed by atoms with Gasteiger partial charge in [0.25, 0.3) is 0 Å². The Kier molecular flexibility index (Phi) is 5.19. The van der Waals surface area contributed by atoms with E-state index in [2.05, 4.69) is 21.4 Å². The molecule has 1 amide bonds. The van der Waals surface area contributed by atoms with E-state index < -0.39 is 0 Å². The van der Waals surface area contributed by atoms with Gasteiger partial charge in [0, 0.05) is 16.0 Å². The van der Waals surface area contributed by atoms with Crippen LogP contribution in [-0.2, 0) is 17.6 Å². The van der Waals surface area contributed by atoms with Gasteiger partial charge in [-0.05, 0) is 69.2 Å². The Morgan fingerprint density at radius 1 is 1.19 bits per heavy atom. The summed E-state index contributed by atoms with van der Waals surface area (Å²) in [5.74, 6) is 1.13. The molecule has 0 unspecified atom stereocenters. The van der Waals surface area contributed by atoms with Crippen LogP contribution >= 0.6 is 23.1 Å². The quantitative estimate of drug-likeness (QED) is 0.484. The number of hydrogen-bond acceptors (Lipinski definition) is 5. The topological polar surface area (TPSA) is 54.9 Å². The molecule has 4 nitrogen and oxygen atoms in total. The van der Waals surface area contributed by atoms with E-state index in [1.54, 1.807) is 11.3 Å². The van der Waals surface area contributed by atoms with Crippen molar-refractivity contribution < 1.29 is 4.79 Å². The second kappa shape index (κ2) is 7.60. The van der Waals surface area contributed by atoms with Crippen LogP contribution in [0.25, 0.3) is 10.2 Å². The predicted octanol–water partition coefficient (Wildman–Crippen LogP) is 5.23. The number of benzene rings is 1. The summed E-state index contributed by atoms with van der Waals surface area (Å²) in [5, 5.41) is 5.18. The first-order valence-electron chi connectivity index (χ1n) is 9.30. The van der Waals surface area contributed by atoms with E-state index in [0.717, 1.165) is 45.3 Å². The fourth-order valence-corrected chi connectivity index (χ4v) is 5.79. The summed E-state index contributed by atoms with van der Waals surface area (Å²) in [5.41, 5.74) is 4.52. The van der Waals surface area contributed by atoms with Crippen molar-refractivity contribution >= 4 is 44.9 Å². The molecule has 1 aliphatic carbocycles. The highest BCUT2D eigenvalue weighted by atomic mass is 32.2. The van der Waals surface area contributed by atoms with Gasteiger partial charge in [-0.2, -0.15) is 0 Å². The zero-order valence-corrected chi connectivity index (χ0v) is 17.5. The van der Waals surface area contributed by atoms with Crippen molar-refractivity contribution in [3.63, 3.8) is 0 Å². The third-order valence-corrected chi connectivity index (χ3v) is 7.06. The number of amides is 1. The molecule has 27 heavy (non-hydrogen) atoms. The second-order valence-corrected chi connectivity index (χ2v) is 9.17. The SMILES string of the molecule is Cc1ccc(C)c(NC(=O)CSc2nc(C)nc3sc4c(c23)CCCC4)c1. The molecule has 6 heteroatoms. The molecule has 2 heterocycles. The Labute approximate surface area is 167 Å². The molecule has 1 aliphatic rings. The highest BCUT2D eigenvalue weighted by molar-refractivity contribution is 8.00. The Morgan fingerprint density at radius 2 is 2.00 bits per heavy atom. The summed E-state index contributed by atoms with van der Waals surface area (Å²) < 4.78 is 0. The molecule has 0 aliphatic heterocycles. The average Bonchev–Trinajstić information content (AvgIpc) is 3.01. The predicted molar refractivity (Wildman–Crippen MR) is 114 cm³/mol. The number of carbonyl (C=O) groups excluding carboxylic acids is 1. The Balaban J connectivity index is 1.55. The Hall–Kier alpha value is -1.92. The first-order valence-corrected chi connectivity index (χ1v) is 11.1. The summed E-state index contributed by atoms with van der Waals surface area (Å²) in [6, 6.07) is 6.10. The third kappa shape index (κ3) is 3.87. The molecule has 2 aromatic heterocycles. The van der Waals surface area contributed by atoms with Gasteiger partial charge in [-0.15, -0.1) is 11.3 Å². The van der Waals surface area contributed by atoms with Crippen LogP contribution in [0, 0.1) is 20.8 Å². The first-order chi connectivity index (χ1) is 13.0. The highest BCUT2D eigenvalue weighted by Crippen LogP contribution is 2.39. The molecule has 0 radical (unpaired) electrons. The first kappa shape index (κ1) is 18.4. The number of fused-ring (bicyclic) bond motifs is 3. The summed E-state index contributed by atoms with van der Waals surface area (Å²) >= 11 is 3.33. The molecule has 0 bridgehead atoms. The van der Waals surface area contributed by atoms with Crippen molar-refractivity contribution in [3.8, 4) is 0 Å². The van der Waals surface area contributed by atoms with E-state index >= 15 is 0 Å². The van der Waals surface area contributed by atoms with Gasteiger partial charge in [0.15, 0.2) is 0 Å². The van der Waals surface area contributed by atoms with Crippen LogP contribution in [0.15, 0.2) is 23.2 Å². The van der Waals surface area contributed by atoms with Gasteiger partial charge < -0.3 is 5.32 Å². The van der Waals surface area contributed by atoms with Crippen LogP contribution in [-0.4, -0.2) is 21.6 Å². The smallest absolute Gasteiger partial charge is 0.234 e. The number of anilines is 1. The maximum atomic E-state index is 12.5. The monoisotopic (exact) mass is 397 g/mol. The molecule has 0 fully saturated rings. The largest absolute Gasteiger partial charge is 0.325 e. The maximum Gasteiger partial charge on any atom is 0.234 e. The molecule has 0 spiro atoms. The lowest BCUT2D eigenvalue weighted by molar-refractivity contribution is -0.113. The van der Waals surface area contributed by atoms with E-state index in [1.807, 2.05) is 32.9 Å². The van der Waals surface area contributed by atoms with Crippen LogP contribution in [0.5, 0.6) is 0 Å². The number of nitrogens with one attached hydrogen (secondary N) is 1. The molecular weight excluding hydrogens is 374 g/mol. The lowest BCUT2D eigenvalue weighted by atomic mass is 9.97. The zero-order chi connectivity index (χ0) is 19.0. The van der Waals surface area contributed by atoms with E-state index in [4.69, 9.17) is 0 Å². The average molecular weight is 398 g/mol. The fourth-order valence-electron chi connectivity index (χ4n) is 3.52. The maximum absolute atomic E-state index is 12.5. The fraction of sp³-hybridized carbons (Fsp3) is 0.381. The molecule has 1 aromatic carbocycles. The molecule has 0 saturated carbocycles. The lowest BCUT2D eigenvalue weighted by Crippen LogP contribution is -2.15. The molecule has 3 aromatic rings. The Morgan fingerprint density at radius 3 is 2.85 bits per heavy atom. The normalized spacial score (nSPS) is 13.6. The van der Waals surface area contributed by atoms with Crippen LogP contribution in [0.2, 0.25) is 0 Å². The number of nitrogens with zero attached hydrogens (tertiary/aromatic N) is 2. The lowest BCUT2D eigenvalue weighted by Gasteiger charge is -2.12. The van der Waals surface area contributed by atoms with Crippen molar-refractivity contribution in [3.05, 3.63) is 45.6 Å². The van der Waals surface area contributed by atoms with Crippen molar-refractivity contribution in [1.29, 1.82) is 0 Å². The standard InChI is InChI=1S/C21H23N3OS2/c1-12-8-9-13(2)16(10-12)24-18(25)11-26-20-19-15-6-4-5-7-17(15)27-21(19)23-14(3)22-20/h8-10H,4-7,11H2,1-3H3,(H,24,25). The molecule has 0 saturated heterocycles. The van der Waals surface area contributed by atoms with E-state index in [0.29, 0.717) is 5.75 Å². The number of hydrogen-bond donors (Lipinski definition) is 1. The number of aryl methyl sites for hydroxylation is 5. The molecule has 140 valence electrons. The van der Waals surface area contributed by atoms with Crippen LogP contribution in [0.3, 0.4) is 0 Å². The molecule has 4 rings (SSSR count). The van der Waals surface area contributed by atoms with Gasteiger partial charge >= 0.3 is 0 Å². The van der Waals surface area contributed by atoms with Gasteiger partial charge in [0.05, 0.1) is 5.75 Å². The number of aromatic nitrogens is 2. The minimum atomic E-state index is 0.00205. The van der Waals surface area contributed by atoms with Crippen molar-refractivity contribution in [2.45, 2.75) is 51.5 Å². The minimum Gasteiger partial charge on any atom is -0.325 e. The molecule has 0 atom stereocenters. The number of thiophene rings is 1. The van der Waals surface area contributed by atoms with Crippen molar-refractivity contribution in [2.75, 3.05) is 11.1 Å². The number of thioether (sulfide) groups is 1. The van der Waals surface area contributed by atoms with Gasteiger partial charge in [0.1, 0.15) is 15.7 Å². The van der Waals surface area contributed by atoms with Gasteiger partial charge in [0.2, 0.25) is 5.91 Å². The number of rotatable bonds is 4. The number of carbonyl (C=O) groups is 1. The molecular formula is C21H23N3OS2. The summed E-state index contributed by atoms with van der Waals surface area (Å²) in [6.45, 7) is 5.97. The highest BCUT2D eigenvalue weighted by Gasteiger charge is 2.21. The van der Waals surface area contributed by atoms with Gasteiger partial charge in [-0.3, -0.25) is 4.79 Å². The zero-order valence-electron chi connectivity index (χ0n) is 15.9. The van der Waals surface area contributed by atoms with E-state index in [9.17, 15) is 4.79 Å². The van der Waals surface area contributed by atoms with Crippen molar-refractivity contribution in [1.82, 2.24) is 9.97 Å². The van der Waals surface area contributed by atoms with Crippen molar-refractivity contribution in [2.24, 2.45) is 0 Å².